The Labute approximate surface area is 181 Å². The number of nitrogens with zero attached hydrogens (tertiary/aromatic N) is 1. The third-order valence-electron chi connectivity index (χ3n) is 3.74. The summed E-state index contributed by atoms with van der Waals surface area (Å²) in [6.07, 6.45) is 1.45. The number of ether oxygens (including phenoxy) is 1. The van der Waals surface area contributed by atoms with Crippen molar-refractivity contribution >= 4 is 52.9 Å². The maximum atomic E-state index is 12.2. The lowest BCUT2D eigenvalue weighted by molar-refractivity contribution is 0.0734. The summed E-state index contributed by atoms with van der Waals surface area (Å²) in [4.78, 5) is 24.2. The van der Waals surface area contributed by atoms with Crippen LogP contribution in [0.15, 0.2) is 71.8 Å². The highest BCUT2D eigenvalue weighted by atomic mass is 35.5. The van der Waals surface area contributed by atoms with Crippen molar-refractivity contribution in [2.24, 2.45) is 5.10 Å². The summed E-state index contributed by atoms with van der Waals surface area (Å²) < 4.78 is 5.29. The average Bonchev–Trinajstić information content (AvgIpc) is 2.69. The van der Waals surface area contributed by atoms with Crippen molar-refractivity contribution in [2.45, 2.75) is 0 Å². The summed E-state index contributed by atoms with van der Waals surface area (Å²) in [5.41, 5.74) is 3.63. The van der Waals surface area contributed by atoms with E-state index in [2.05, 4.69) is 10.5 Å². The number of hydrogen-bond donors (Lipinski definition) is 1. The normalized spacial score (nSPS) is 10.7. The summed E-state index contributed by atoms with van der Waals surface area (Å²) >= 11 is 17.8. The zero-order valence-corrected chi connectivity index (χ0v) is 17.0. The fourth-order valence-corrected chi connectivity index (χ4v) is 3.02. The molecule has 0 aliphatic rings. The van der Waals surface area contributed by atoms with Gasteiger partial charge in [-0.05, 0) is 60.2 Å². The SMILES string of the molecule is O=C(NN=Cc1ccc(OC(=O)c2ccc(Cl)cc2Cl)cc1)c1ccccc1Cl. The van der Waals surface area contributed by atoms with Gasteiger partial charge in [0, 0.05) is 5.02 Å². The number of esters is 1. The van der Waals surface area contributed by atoms with Crippen LogP contribution >= 0.6 is 34.8 Å². The van der Waals surface area contributed by atoms with Crippen molar-refractivity contribution in [3.63, 3.8) is 0 Å². The van der Waals surface area contributed by atoms with Crippen LogP contribution < -0.4 is 10.2 Å². The number of benzene rings is 3. The molecule has 0 radical (unpaired) electrons. The molecule has 146 valence electrons. The molecule has 29 heavy (non-hydrogen) atoms. The van der Waals surface area contributed by atoms with Gasteiger partial charge < -0.3 is 4.74 Å². The van der Waals surface area contributed by atoms with Crippen molar-refractivity contribution in [1.82, 2.24) is 5.43 Å². The molecule has 0 aliphatic heterocycles. The molecular formula is C21H13Cl3N2O3. The average molecular weight is 448 g/mol. The zero-order valence-electron chi connectivity index (χ0n) is 14.7. The Kier molecular flexibility index (Phi) is 6.88. The highest BCUT2D eigenvalue weighted by molar-refractivity contribution is 6.36. The van der Waals surface area contributed by atoms with Crippen LogP contribution in [0.3, 0.4) is 0 Å². The fraction of sp³-hybridized carbons (Fsp3) is 0. The van der Waals surface area contributed by atoms with Gasteiger partial charge in [0.2, 0.25) is 0 Å². The second-order valence-electron chi connectivity index (χ2n) is 5.76. The molecule has 5 nitrogen and oxygen atoms in total. The molecular weight excluding hydrogens is 435 g/mol. The first-order chi connectivity index (χ1) is 13.9. The number of carbonyl (C=O) groups excluding carboxylic acids is 2. The second kappa shape index (κ2) is 9.56. The van der Waals surface area contributed by atoms with Crippen molar-refractivity contribution < 1.29 is 14.3 Å². The Bertz CT molecular complexity index is 1080. The Morgan fingerprint density at radius 2 is 1.59 bits per heavy atom. The second-order valence-corrected chi connectivity index (χ2v) is 7.01. The molecule has 0 heterocycles. The largest absolute Gasteiger partial charge is 0.423 e. The highest BCUT2D eigenvalue weighted by Crippen LogP contribution is 2.23. The van der Waals surface area contributed by atoms with Crippen LogP contribution in [0.1, 0.15) is 26.3 Å². The summed E-state index contributed by atoms with van der Waals surface area (Å²) in [5.74, 6) is -0.685. The lowest BCUT2D eigenvalue weighted by Gasteiger charge is -2.06. The Morgan fingerprint density at radius 3 is 2.28 bits per heavy atom. The third-order valence-corrected chi connectivity index (χ3v) is 4.62. The van der Waals surface area contributed by atoms with E-state index in [0.29, 0.717) is 26.9 Å². The van der Waals surface area contributed by atoms with Gasteiger partial charge in [-0.2, -0.15) is 5.10 Å². The topological polar surface area (TPSA) is 67.8 Å². The summed E-state index contributed by atoms with van der Waals surface area (Å²) in [6, 6.07) is 17.7. The number of carbonyl (C=O) groups is 2. The molecule has 0 atom stereocenters. The molecule has 3 aromatic rings. The molecule has 0 spiro atoms. The first-order valence-electron chi connectivity index (χ1n) is 8.29. The maximum absolute atomic E-state index is 12.2. The quantitative estimate of drug-likeness (QED) is 0.238. The van der Waals surface area contributed by atoms with Gasteiger partial charge >= 0.3 is 5.97 Å². The van der Waals surface area contributed by atoms with E-state index in [9.17, 15) is 9.59 Å². The van der Waals surface area contributed by atoms with E-state index in [1.54, 1.807) is 54.6 Å². The van der Waals surface area contributed by atoms with E-state index in [0.717, 1.165) is 0 Å². The molecule has 0 bridgehead atoms. The standard InChI is InChI=1S/C21H13Cl3N2O3/c22-14-7-10-17(19(24)11-14)21(28)29-15-8-5-13(6-9-15)12-25-26-20(27)16-3-1-2-4-18(16)23/h1-12H,(H,26,27). The number of hydrazone groups is 1. The van der Waals surface area contributed by atoms with E-state index in [-0.39, 0.29) is 10.6 Å². The fourth-order valence-electron chi connectivity index (χ4n) is 2.31. The number of nitrogens with one attached hydrogen (secondary N) is 1. The number of hydrogen-bond acceptors (Lipinski definition) is 4. The molecule has 0 saturated heterocycles. The van der Waals surface area contributed by atoms with Crippen molar-refractivity contribution in [1.29, 1.82) is 0 Å². The van der Waals surface area contributed by atoms with Crippen LogP contribution in [0.2, 0.25) is 15.1 Å². The van der Waals surface area contributed by atoms with Crippen molar-refractivity contribution in [3.05, 3.63) is 98.5 Å². The first kappa shape index (κ1) is 20.9. The van der Waals surface area contributed by atoms with Gasteiger partial charge in [-0.15, -0.1) is 0 Å². The Morgan fingerprint density at radius 1 is 0.862 bits per heavy atom. The third kappa shape index (κ3) is 5.57. The summed E-state index contributed by atoms with van der Waals surface area (Å²) in [6.45, 7) is 0. The van der Waals surface area contributed by atoms with Crippen LogP contribution in [-0.2, 0) is 0 Å². The van der Waals surface area contributed by atoms with Gasteiger partial charge in [0.15, 0.2) is 0 Å². The summed E-state index contributed by atoms with van der Waals surface area (Å²) in [7, 11) is 0. The van der Waals surface area contributed by atoms with Crippen LogP contribution in [-0.4, -0.2) is 18.1 Å². The predicted molar refractivity (Wildman–Crippen MR) is 114 cm³/mol. The molecule has 0 unspecified atom stereocenters. The monoisotopic (exact) mass is 446 g/mol. The first-order valence-corrected chi connectivity index (χ1v) is 9.42. The smallest absolute Gasteiger partial charge is 0.345 e. The lowest BCUT2D eigenvalue weighted by atomic mass is 10.2. The molecule has 1 amide bonds. The summed E-state index contributed by atoms with van der Waals surface area (Å²) in [5, 5.41) is 4.87. The molecule has 0 aromatic heterocycles. The van der Waals surface area contributed by atoms with Gasteiger partial charge in [0.05, 0.1) is 27.4 Å². The van der Waals surface area contributed by atoms with Crippen molar-refractivity contribution in [3.8, 4) is 5.75 Å². The molecule has 3 rings (SSSR count). The predicted octanol–water partition coefficient (Wildman–Crippen LogP) is 5.63. The van der Waals surface area contributed by atoms with E-state index in [1.807, 2.05) is 0 Å². The molecule has 8 heteroatoms. The highest BCUT2D eigenvalue weighted by Gasteiger charge is 2.13. The molecule has 0 fully saturated rings. The van der Waals surface area contributed by atoms with E-state index >= 15 is 0 Å². The number of halogens is 3. The van der Waals surface area contributed by atoms with Gasteiger partial charge in [-0.3, -0.25) is 4.79 Å². The number of amides is 1. The van der Waals surface area contributed by atoms with E-state index in [4.69, 9.17) is 39.5 Å². The lowest BCUT2D eigenvalue weighted by Crippen LogP contribution is -2.17. The van der Waals surface area contributed by atoms with Gasteiger partial charge in [-0.25, -0.2) is 10.2 Å². The Balaban J connectivity index is 1.60. The van der Waals surface area contributed by atoms with Crippen LogP contribution in [0.25, 0.3) is 0 Å². The van der Waals surface area contributed by atoms with Crippen LogP contribution in [0.5, 0.6) is 5.75 Å². The van der Waals surface area contributed by atoms with Crippen molar-refractivity contribution in [2.75, 3.05) is 0 Å². The van der Waals surface area contributed by atoms with Gasteiger partial charge in [-0.1, -0.05) is 46.9 Å². The molecule has 0 aliphatic carbocycles. The zero-order chi connectivity index (χ0) is 20.8. The van der Waals surface area contributed by atoms with E-state index < -0.39 is 11.9 Å². The molecule has 3 aromatic carbocycles. The number of rotatable bonds is 5. The Hall–Kier alpha value is -2.86. The minimum absolute atomic E-state index is 0.209. The van der Waals surface area contributed by atoms with Gasteiger partial charge in [0.25, 0.3) is 5.91 Å². The van der Waals surface area contributed by atoms with Gasteiger partial charge in [0.1, 0.15) is 5.75 Å². The van der Waals surface area contributed by atoms with E-state index in [1.165, 1.54) is 18.3 Å². The minimum Gasteiger partial charge on any atom is -0.423 e. The maximum Gasteiger partial charge on any atom is 0.345 e. The van der Waals surface area contributed by atoms with Crippen LogP contribution in [0, 0.1) is 0 Å². The molecule has 0 saturated carbocycles. The minimum atomic E-state index is -0.597. The van der Waals surface area contributed by atoms with Crippen LogP contribution in [0.4, 0.5) is 0 Å². The molecule has 1 N–H and O–H groups in total.